The Balaban J connectivity index is 2.89. The number of hydrogen-bond acceptors (Lipinski definition) is 3. The highest BCUT2D eigenvalue weighted by Crippen LogP contribution is 2.18. The molecule has 1 aromatic heterocycles. The largest absolute Gasteiger partial charge is 0.340 e. The van der Waals surface area contributed by atoms with Crippen LogP contribution in [-0.4, -0.2) is 34.4 Å². The molecule has 1 rings (SSSR count). The van der Waals surface area contributed by atoms with E-state index in [2.05, 4.69) is 23.8 Å². The molecule has 0 aliphatic rings. The van der Waals surface area contributed by atoms with Gasteiger partial charge in [0.15, 0.2) is 5.69 Å². The Kier molecular flexibility index (Phi) is 5.73. The number of nitrogens with zero attached hydrogens (tertiary/aromatic N) is 3. The molecule has 1 amide bonds. The SMILES string of the molecule is CC(C)CCN(C)C(=O)c1nc(C(C)C)ncc1Cl. The first-order valence-electron chi connectivity index (χ1n) is 6.60. The summed E-state index contributed by atoms with van der Waals surface area (Å²) in [6.07, 6.45) is 2.47. The van der Waals surface area contributed by atoms with Crippen LogP contribution in [0.5, 0.6) is 0 Å². The molecule has 0 N–H and O–H groups in total. The zero-order chi connectivity index (χ0) is 14.6. The lowest BCUT2D eigenvalue weighted by Crippen LogP contribution is -2.30. The number of carbonyl (C=O) groups is 1. The number of halogens is 1. The maximum atomic E-state index is 12.3. The monoisotopic (exact) mass is 283 g/mol. The summed E-state index contributed by atoms with van der Waals surface area (Å²) >= 11 is 6.03. The van der Waals surface area contributed by atoms with E-state index in [0.29, 0.717) is 29.0 Å². The molecule has 4 nitrogen and oxygen atoms in total. The first-order valence-corrected chi connectivity index (χ1v) is 6.98. The highest BCUT2D eigenvalue weighted by Gasteiger charge is 2.19. The van der Waals surface area contributed by atoms with Gasteiger partial charge >= 0.3 is 0 Å². The maximum absolute atomic E-state index is 12.3. The van der Waals surface area contributed by atoms with E-state index in [1.165, 1.54) is 6.20 Å². The Morgan fingerprint density at radius 2 is 2.00 bits per heavy atom. The third-order valence-electron chi connectivity index (χ3n) is 2.87. The van der Waals surface area contributed by atoms with Crippen LogP contribution >= 0.6 is 11.6 Å². The molecule has 0 saturated heterocycles. The Hall–Kier alpha value is -1.16. The highest BCUT2D eigenvalue weighted by atomic mass is 35.5. The molecule has 0 bridgehead atoms. The third-order valence-corrected chi connectivity index (χ3v) is 3.15. The lowest BCUT2D eigenvalue weighted by molar-refractivity contribution is 0.0783. The van der Waals surface area contributed by atoms with Crippen molar-refractivity contribution >= 4 is 17.5 Å². The molecule has 19 heavy (non-hydrogen) atoms. The van der Waals surface area contributed by atoms with E-state index in [1.54, 1.807) is 11.9 Å². The number of carbonyl (C=O) groups excluding carboxylic acids is 1. The van der Waals surface area contributed by atoms with Crippen LogP contribution in [-0.2, 0) is 0 Å². The van der Waals surface area contributed by atoms with Gasteiger partial charge in [-0.3, -0.25) is 4.79 Å². The van der Waals surface area contributed by atoms with Gasteiger partial charge in [-0.05, 0) is 12.3 Å². The van der Waals surface area contributed by atoms with Gasteiger partial charge in [-0.2, -0.15) is 0 Å². The molecule has 106 valence electrons. The highest BCUT2D eigenvalue weighted by molar-refractivity contribution is 6.33. The summed E-state index contributed by atoms with van der Waals surface area (Å²) < 4.78 is 0. The second-order valence-electron chi connectivity index (χ2n) is 5.49. The molecular formula is C14H22ClN3O. The molecule has 0 fully saturated rings. The number of hydrogen-bond donors (Lipinski definition) is 0. The second-order valence-corrected chi connectivity index (χ2v) is 5.90. The van der Waals surface area contributed by atoms with Crippen LogP contribution in [0.3, 0.4) is 0 Å². The van der Waals surface area contributed by atoms with Gasteiger partial charge in [-0.25, -0.2) is 9.97 Å². The molecule has 5 heteroatoms. The van der Waals surface area contributed by atoms with E-state index < -0.39 is 0 Å². The van der Waals surface area contributed by atoms with Gasteiger partial charge in [0.05, 0.1) is 11.2 Å². The fraction of sp³-hybridized carbons (Fsp3) is 0.643. The Morgan fingerprint density at radius 1 is 1.37 bits per heavy atom. The predicted molar refractivity (Wildman–Crippen MR) is 77.5 cm³/mol. The fourth-order valence-electron chi connectivity index (χ4n) is 1.54. The van der Waals surface area contributed by atoms with Crippen molar-refractivity contribution in [2.75, 3.05) is 13.6 Å². The average Bonchev–Trinajstić information content (AvgIpc) is 2.35. The Bertz CT molecular complexity index is 446. The van der Waals surface area contributed by atoms with Crippen LogP contribution in [0.4, 0.5) is 0 Å². The van der Waals surface area contributed by atoms with Crippen LogP contribution in [0.15, 0.2) is 6.20 Å². The standard InChI is InChI=1S/C14H22ClN3O/c1-9(2)6-7-18(5)14(19)12-11(15)8-16-13(17-12)10(3)4/h8-10H,6-7H2,1-5H3. The summed E-state index contributed by atoms with van der Waals surface area (Å²) in [7, 11) is 1.78. The van der Waals surface area contributed by atoms with Gasteiger partial charge in [0.1, 0.15) is 5.82 Å². The molecule has 0 aromatic carbocycles. The number of aromatic nitrogens is 2. The van der Waals surface area contributed by atoms with E-state index in [-0.39, 0.29) is 11.8 Å². The van der Waals surface area contributed by atoms with Gasteiger partial charge in [0.2, 0.25) is 0 Å². The quantitative estimate of drug-likeness (QED) is 0.832. The van der Waals surface area contributed by atoms with Crippen LogP contribution < -0.4 is 0 Å². The molecule has 1 heterocycles. The van der Waals surface area contributed by atoms with E-state index in [4.69, 9.17) is 11.6 Å². The molecule has 0 aliphatic heterocycles. The molecule has 0 unspecified atom stereocenters. The van der Waals surface area contributed by atoms with Crippen molar-refractivity contribution in [3.05, 3.63) is 22.7 Å². The normalized spacial score (nSPS) is 11.2. The van der Waals surface area contributed by atoms with Gasteiger partial charge in [0, 0.05) is 19.5 Å². The first kappa shape index (κ1) is 15.9. The number of amides is 1. The van der Waals surface area contributed by atoms with E-state index in [9.17, 15) is 4.79 Å². The third kappa shape index (κ3) is 4.46. The Morgan fingerprint density at radius 3 is 2.53 bits per heavy atom. The molecular weight excluding hydrogens is 262 g/mol. The predicted octanol–water partition coefficient (Wildman–Crippen LogP) is 3.37. The topological polar surface area (TPSA) is 46.1 Å². The molecule has 0 spiro atoms. The summed E-state index contributed by atoms with van der Waals surface area (Å²) in [5.41, 5.74) is 0.298. The van der Waals surface area contributed by atoms with Crippen molar-refractivity contribution in [3.63, 3.8) is 0 Å². The zero-order valence-corrected chi connectivity index (χ0v) is 13.0. The van der Waals surface area contributed by atoms with Crippen molar-refractivity contribution in [1.29, 1.82) is 0 Å². The molecule has 0 atom stereocenters. The zero-order valence-electron chi connectivity index (χ0n) is 12.3. The minimum atomic E-state index is -0.144. The lowest BCUT2D eigenvalue weighted by atomic mass is 10.1. The van der Waals surface area contributed by atoms with E-state index >= 15 is 0 Å². The molecule has 0 aliphatic carbocycles. The Labute approximate surface area is 120 Å². The van der Waals surface area contributed by atoms with Gasteiger partial charge in [0.25, 0.3) is 5.91 Å². The summed E-state index contributed by atoms with van der Waals surface area (Å²) in [5.74, 6) is 1.23. The average molecular weight is 284 g/mol. The van der Waals surface area contributed by atoms with Crippen molar-refractivity contribution < 1.29 is 4.79 Å². The maximum Gasteiger partial charge on any atom is 0.273 e. The van der Waals surface area contributed by atoms with Crippen molar-refractivity contribution in [2.45, 2.75) is 40.0 Å². The molecule has 0 saturated carbocycles. The second kappa shape index (κ2) is 6.85. The summed E-state index contributed by atoms with van der Waals surface area (Å²) in [5, 5.41) is 0.311. The van der Waals surface area contributed by atoms with Gasteiger partial charge < -0.3 is 4.90 Å². The van der Waals surface area contributed by atoms with E-state index in [0.717, 1.165) is 6.42 Å². The number of rotatable bonds is 5. The molecule has 0 radical (unpaired) electrons. The van der Waals surface area contributed by atoms with Crippen LogP contribution in [0, 0.1) is 5.92 Å². The van der Waals surface area contributed by atoms with E-state index in [1.807, 2.05) is 13.8 Å². The fourth-order valence-corrected chi connectivity index (χ4v) is 1.71. The van der Waals surface area contributed by atoms with Crippen molar-refractivity contribution in [1.82, 2.24) is 14.9 Å². The first-order chi connectivity index (χ1) is 8.82. The lowest BCUT2D eigenvalue weighted by Gasteiger charge is -2.18. The minimum Gasteiger partial charge on any atom is -0.340 e. The summed E-state index contributed by atoms with van der Waals surface area (Å²) in [6, 6.07) is 0. The van der Waals surface area contributed by atoms with Crippen molar-refractivity contribution in [2.24, 2.45) is 5.92 Å². The summed E-state index contributed by atoms with van der Waals surface area (Å²) in [6.45, 7) is 8.94. The van der Waals surface area contributed by atoms with Crippen molar-refractivity contribution in [3.8, 4) is 0 Å². The van der Waals surface area contributed by atoms with Crippen LogP contribution in [0.25, 0.3) is 0 Å². The minimum absolute atomic E-state index is 0.144. The smallest absolute Gasteiger partial charge is 0.273 e. The van der Waals surface area contributed by atoms with Crippen LogP contribution in [0.1, 0.15) is 56.3 Å². The summed E-state index contributed by atoms with van der Waals surface area (Å²) in [4.78, 5) is 22.4. The van der Waals surface area contributed by atoms with Gasteiger partial charge in [-0.15, -0.1) is 0 Å². The van der Waals surface area contributed by atoms with Crippen LogP contribution in [0.2, 0.25) is 5.02 Å². The molecule has 1 aromatic rings. The van der Waals surface area contributed by atoms with Gasteiger partial charge in [-0.1, -0.05) is 39.3 Å².